The monoisotopic (exact) mass is 678 g/mol. The van der Waals surface area contributed by atoms with Gasteiger partial charge in [0.05, 0.1) is 16.7 Å². The topological polar surface area (TPSA) is 8.17 Å². The lowest BCUT2D eigenvalue weighted by atomic mass is 9.81. The predicted octanol–water partition coefficient (Wildman–Crippen LogP) is 13.4. The van der Waals surface area contributed by atoms with Gasteiger partial charge in [0.2, 0.25) is 0 Å². The van der Waals surface area contributed by atoms with Crippen LogP contribution in [0.5, 0.6) is 0 Å². The van der Waals surface area contributed by atoms with Crippen molar-refractivity contribution in [1.29, 1.82) is 0 Å². The maximum atomic E-state index is 2.52. The normalized spacial score (nSPS) is 16.6. The van der Waals surface area contributed by atoms with Gasteiger partial charge in [0.1, 0.15) is 0 Å². The van der Waals surface area contributed by atoms with Crippen LogP contribution in [0.2, 0.25) is 0 Å². The Hall–Kier alpha value is -6.38. The molecule has 7 aromatic carbocycles. The van der Waals surface area contributed by atoms with Crippen LogP contribution in [0.15, 0.2) is 182 Å². The highest BCUT2D eigenvalue weighted by atomic mass is 15.2. The first-order chi connectivity index (χ1) is 26.1. The average molecular weight is 679 g/mol. The minimum Gasteiger partial charge on any atom is -0.313 e. The maximum Gasteiger partial charge on any atom is 0.0541 e. The lowest BCUT2D eigenvalue weighted by Crippen LogP contribution is -2.18. The van der Waals surface area contributed by atoms with Crippen molar-refractivity contribution in [1.82, 2.24) is 4.57 Å². The Balaban J connectivity index is 1.03. The first kappa shape index (κ1) is 30.3. The number of nitrogens with zero attached hydrogens (tertiary/aromatic N) is 2. The fraction of sp³-hybridized carbons (Fsp3) is 0.0980. The van der Waals surface area contributed by atoms with E-state index in [1.54, 1.807) is 0 Å². The molecule has 0 N–H and O–H groups in total. The first-order valence-electron chi connectivity index (χ1n) is 18.8. The van der Waals surface area contributed by atoms with Gasteiger partial charge in [-0.1, -0.05) is 141 Å². The lowest BCUT2D eigenvalue weighted by molar-refractivity contribution is 0.656. The van der Waals surface area contributed by atoms with Crippen LogP contribution < -0.4 is 4.90 Å². The van der Waals surface area contributed by atoms with Crippen molar-refractivity contribution in [3.8, 4) is 27.9 Å². The Morgan fingerprint density at radius 1 is 0.528 bits per heavy atom. The molecule has 0 fully saturated rings. The van der Waals surface area contributed by atoms with E-state index in [1.807, 2.05) is 0 Å². The summed E-state index contributed by atoms with van der Waals surface area (Å²) < 4.78 is 2.52. The molecule has 1 atom stereocenters. The van der Waals surface area contributed by atoms with E-state index in [2.05, 4.69) is 199 Å². The Kier molecular flexibility index (Phi) is 6.46. The number of anilines is 2. The highest BCUT2D eigenvalue weighted by Crippen LogP contribution is 2.54. The fourth-order valence-corrected chi connectivity index (χ4v) is 9.71. The molecule has 8 aromatic rings. The van der Waals surface area contributed by atoms with Gasteiger partial charge >= 0.3 is 0 Å². The third-order valence-corrected chi connectivity index (χ3v) is 12.1. The number of aromatic nitrogens is 1. The van der Waals surface area contributed by atoms with Gasteiger partial charge in [0.25, 0.3) is 0 Å². The van der Waals surface area contributed by atoms with Crippen LogP contribution in [0, 0.1) is 0 Å². The highest BCUT2D eigenvalue weighted by molar-refractivity contribution is 6.10. The zero-order chi connectivity index (χ0) is 35.3. The van der Waals surface area contributed by atoms with Crippen LogP contribution in [0.3, 0.4) is 0 Å². The number of hydrogen-bond acceptors (Lipinski definition) is 1. The van der Waals surface area contributed by atoms with E-state index in [4.69, 9.17) is 0 Å². The van der Waals surface area contributed by atoms with Crippen molar-refractivity contribution in [3.63, 3.8) is 0 Å². The molecule has 0 spiro atoms. The molecule has 252 valence electrons. The minimum absolute atomic E-state index is 0.106. The molecule has 2 heterocycles. The SMILES string of the molecule is CC1(C)c2ccccc2-c2cccc(-n3c4ccccc4c4cc(C5=CC=C6C(C5)c5ccccc5N6c5cccc(-c6ccccc6)c5)ccc43)c21. The number of fused-ring (bicyclic) bond motifs is 9. The Morgan fingerprint density at radius 3 is 2.17 bits per heavy atom. The van der Waals surface area contributed by atoms with Crippen LogP contribution in [-0.4, -0.2) is 4.57 Å². The zero-order valence-electron chi connectivity index (χ0n) is 29.9. The molecule has 2 heteroatoms. The molecule has 1 aromatic heterocycles. The third kappa shape index (κ3) is 4.39. The smallest absolute Gasteiger partial charge is 0.0541 e. The van der Waals surface area contributed by atoms with E-state index < -0.39 is 0 Å². The molecule has 3 aliphatic rings. The number of allylic oxidation sites excluding steroid dienone is 4. The molecular formula is C51H38N2. The molecule has 0 amide bonds. The highest BCUT2D eigenvalue weighted by Gasteiger charge is 2.39. The number of benzene rings is 7. The Bertz CT molecular complexity index is 2850. The molecule has 0 bridgehead atoms. The Labute approximate surface area is 310 Å². The van der Waals surface area contributed by atoms with Gasteiger partial charge in [-0.25, -0.2) is 0 Å². The summed E-state index contributed by atoms with van der Waals surface area (Å²) in [7, 11) is 0. The largest absolute Gasteiger partial charge is 0.313 e. The van der Waals surface area contributed by atoms with E-state index in [1.165, 1.54) is 94.6 Å². The van der Waals surface area contributed by atoms with Gasteiger partial charge in [0.15, 0.2) is 0 Å². The second kappa shape index (κ2) is 11.3. The summed E-state index contributed by atoms with van der Waals surface area (Å²) >= 11 is 0. The molecule has 53 heavy (non-hydrogen) atoms. The molecule has 11 rings (SSSR count). The molecule has 1 unspecified atom stereocenters. The van der Waals surface area contributed by atoms with Crippen molar-refractivity contribution in [3.05, 3.63) is 204 Å². The number of para-hydroxylation sites is 2. The van der Waals surface area contributed by atoms with E-state index in [0.717, 1.165) is 6.42 Å². The maximum absolute atomic E-state index is 2.52. The van der Waals surface area contributed by atoms with E-state index in [9.17, 15) is 0 Å². The van der Waals surface area contributed by atoms with Crippen LogP contribution in [0.4, 0.5) is 11.4 Å². The van der Waals surface area contributed by atoms with Gasteiger partial charge in [-0.3, -0.25) is 0 Å². The van der Waals surface area contributed by atoms with Crippen molar-refractivity contribution in [2.45, 2.75) is 31.6 Å². The van der Waals surface area contributed by atoms with Crippen LogP contribution >= 0.6 is 0 Å². The molecule has 0 saturated heterocycles. The summed E-state index contributed by atoms with van der Waals surface area (Å²) in [5, 5.41) is 2.59. The summed E-state index contributed by atoms with van der Waals surface area (Å²) in [5.74, 6) is 0.291. The molecular weight excluding hydrogens is 641 g/mol. The summed E-state index contributed by atoms with van der Waals surface area (Å²) in [6, 6.07) is 60.5. The third-order valence-electron chi connectivity index (χ3n) is 12.1. The van der Waals surface area contributed by atoms with E-state index in [-0.39, 0.29) is 5.41 Å². The zero-order valence-corrected chi connectivity index (χ0v) is 29.9. The first-order valence-corrected chi connectivity index (χ1v) is 18.8. The van der Waals surface area contributed by atoms with Crippen LogP contribution in [0.25, 0.3) is 55.3 Å². The van der Waals surface area contributed by atoms with Gasteiger partial charge in [-0.2, -0.15) is 0 Å². The second-order valence-corrected chi connectivity index (χ2v) is 15.3. The van der Waals surface area contributed by atoms with Crippen LogP contribution in [0.1, 0.15) is 48.4 Å². The van der Waals surface area contributed by atoms with Crippen molar-refractivity contribution >= 4 is 38.8 Å². The van der Waals surface area contributed by atoms with Crippen molar-refractivity contribution < 1.29 is 0 Å². The van der Waals surface area contributed by atoms with E-state index in [0.29, 0.717) is 5.92 Å². The van der Waals surface area contributed by atoms with Crippen LogP contribution in [-0.2, 0) is 5.41 Å². The fourth-order valence-electron chi connectivity index (χ4n) is 9.71. The standard InChI is InChI=1S/C51H38N2/c1-51(2)44-22-9-6-18-38(44)41-21-13-25-49(50(41)51)53-46-24-11-8-20-40(46)43-32-36(27-29-48(43)53)35-26-28-47-42(31-35)39-19-7-10-23-45(39)52(47)37-17-12-16-34(30-37)33-14-4-3-5-15-33/h3-30,32,42H,31H2,1-2H3. The van der Waals surface area contributed by atoms with Gasteiger partial charge in [-0.15, -0.1) is 0 Å². The van der Waals surface area contributed by atoms with Gasteiger partial charge in [-0.05, 0) is 105 Å². The number of hydrogen-bond donors (Lipinski definition) is 0. The second-order valence-electron chi connectivity index (χ2n) is 15.3. The lowest BCUT2D eigenvalue weighted by Gasteiger charge is -2.27. The summed E-state index contributed by atoms with van der Waals surface area (Å²) in [4.78, 5) is 2.48. The molecule has 0 radical (unpaired) electrons. The van der Waals surface area contributed by atoms with Gasteiger partial charge in [0, 0.05) is 39.2 Å². The van der Waals surface area contributed by atoms with Crippen molar-refractivity contribution in [2.75, 3.05) is 4.90 Å². The van der Waals surface area contributed by atoms with Gasteiger partial charge < -0.3 is 9.47 Å². The summed E-state index contributed by atoms with van der Waals surface area (Å²) in [5.41, 5.74) is 19.5. The molecule has 2 aliphatic carbocycles. The number of rotatable bonds is 4. The predicted molar refractivity (Wildman–Crippen MR) is 222 cm³/mol. The molecule has 2 nitrogen and oxygen atoms in total. The summed E-state index contributed by atoms with van der Waals surface area (Å²) in [6.07, 6.45) is 5.70. The molecule has 1 aliphatic heterocycles. The molecule has 0 saturated carbocycles. The quantitative estimate of drug-likeness (QED) is 0.180. The average Bonchev–Trinajstić information content (AvgIpc) is 3.81. The Morgan fingerprint density at radius 2 is 1.25 bits per heavy atom. The minimum atomic E-state index is -0.106. The van der Waals surface area contributed by atoms with Crippen molar-refractivity contribution in [2.24, 2.45) is 0 Å². The summed E-state index contributed by atoms with van der Waals surface area (Å²) in [6.45, 7) is 4.76. The van der Waals surface area contributed by atoms with E-state index >= 15 is 0 Å².